The van der Waals surface area contributed by atoms with Crippen LogP contribution in [-0.4, -0.2) is 12.6 Å². The van der Waals surface area contributed by atoms with Crippen molar-refractivity contribution in [1.29, 1.82) is 0 Å². The predicted octanol–water partition coefficient (Wildman–Crippen LogP) is 0.382. The lowest BCUT2D eigenvalue weighted by atomic mass is 9.95. The fraction of sp³-hybridized carbons (Fsp3) is 1.00. The number of nitrogens with two attached hydrogens (primary N) is 1. The first kappa shape index (κ1) is 9.92. The molecule has 5 N–H and O–H groups in total. The molecule has 0 saturated heterocycles. The van der Waals surface area contributed by atoms with Gasteiger partial charge in [0.15, 0.2) is 0 Å². The van der Waals surface area contributed by atoms with Crippen LogP contribution < -0.4 is 11.5 Å². The van der Waals surface area contributed by atoms with Crippen LogP contribution in [0.2, 0.25) is 0 Å². The first-order valence-electron chi connectivity index (χ1n) is 4.25. The Labute approximate surface area is 64.0 Å². The maximum atomic E-state index is 5.68. The Morgan fingerprint density at radius 2 is 2.10 bits per heavy atom. The first-order chi connectivity index (χ1) is 4.70. The highest BCUT2D eigenvalue weighted by molar-refractivity contribution is 4.62. The van der Waals surface area contributed by atoms with Crippen LogP contribution in [0, 0.1) is 5.92 Å². The molecule has 2 heteroatoms. The van der Waals surface area contributed by atoms with E-state index in [9.17, 15) is 0 Å². The van der Waals surface area contributed by atoms with Crippen LogP contribution in [0.15, 0.2) is 0 Å². The third kappa shape index (κ3) is 4.77. The van der Waals surface area contributed by atoms with Crippen molar-refractivity contribution in [3.8, 4) is 0 Å². The lowest BCUT2D eigenvalue weighted by molar-refractivity contribution is -0.370. The number of hydrogen-bond acceptors (Lipinski definition) is 1. The standard InChI is InChI=1S/C8H20N2/c1-3-8(4-5-9)6-7(2)10/h7-8H,3-6,9-10H2,1-2H3/p+1. The van der Waals surface area contributed by atoms with Gasteiger partial charge in [0, 0.05) is 6.04 Å². The molecule has 62 valence electrons. The van der Waals surface area contributed by atoms with Gasteiger partial charge in [-0.05, 0) is 25.7 Å². The van der Waals surface area contributed by atoms with Crippen molar-refractivity contribution in [2.24, 2.45) is 11.7 Å². The van der Waals surface area contributed by atoms with E-state index >= 15 is 0 Å². The molecule has 0 aromatic rings. The monoisotopic (exact) mass is 145 g/mol. The minimum Gasteiger partial charge on any atom is -0.358 e. The molecule has 0 fully saturated rings. The first-order valence-corrected chi connectivity index (χ1v) is 4.25. The Balaban J connectivity index is 3.39. The summed E-state index contributed by atoms with van der Waals surface area (Å²) in [5.41, 5.74) is 9.52. The van der Waals surface area contributed by atoms with Gasteiger partial charge in [0.05, 0.1) is 6.54 Å². The van der Waals surface area contributed by atoms with Crippen LogP contribution in [0.5, 0.6) is 0 Å². The van der Waals surface area contributed by atoms with E-state index in [1.54, 1.807) is 0 Å². The molecule has 0 aliphatic carbocycles. The molecule has 0 bridgehead atoms. The summed E-state index contributed by atoms with van der Waals surface area (Å²) >= 11 is 0. The molecule has 0 amide bonds. The fourth-order valence-corrected chi connectivity index (χ4v) is 1.30. The predicted molar refractivity (Wildman–Crippen MR) is 44.4 cm³/mol. The van der Waals surface area contributed by atoms with Crippen molar-refractivity contribution in [1.82, 2.24) is 0 Å². The summed E-state index contributed by atoms with van der Waals surface area (Å²) in [6.07, 6.45) is 3.64. The molecule has 0 radical (unpaired) electrons. The van der Waals surface area contributed by atoms with Crippen molar-refractivity contribution in [2.75, 3.05) is 6.54 Å². The molecule has 2 atom stereocenters. The Morgan fingerprint density at radius 3 is 2.40 bits per heavy atom. The third-order valence-corrected chi connectivity index (χ3v) is 1.89. The molecular weight excluding hydrogens is 124 g/mol. The Hall–Kier alpha value is -0.0800. The zero-order valence-corrected chi connectivity index (χ0v) is 7.27. The summed E-state index contributed by atoms with van der Waals surface area (Å²) in [4.78, 5) is 0. The van der Waals surface area contributed by atoms with Crippen molar-refractivity contribution in [2.45, 2.75) is 39.2 Å². The van der Waals surface area contributed by atoms with Gasteiger partial charge in [0.2, 0.25) is 0 Å². The van der Waals surface area contributed by atoms with Crippen molar-refractivity contribution >= 4 is 0 Å². The van der Waals surface area contributed by atoms with Gasteiger partial charge in [-0.2, -0.15) is 0 Å². The van der Waals surface area contributed by atoms with Crippen LogP contribution in [0.25, 0.3) is 0 Å². The average Bonchev–Trinajstić information content (AvgIpc) is 1.86. The molecule has 0 aromatic heterocycles. The topological polar surface area (TPSA) is 53.7 Å². The molecule has 0 aliphatic heterocycles. The van der Waals surface area contributed by atoms with E-state index in [1.165, 1.54) is 12.8 Å². The SMILES string of the molecule is CCC(CC[NH3+])CC(C)N. The zero-order chi connectivity index (χ0) is 7.98. The van der Waals surface area contributed by atoms with Gasteiger partial charge in [0.25, 0.3) is 0 Å². The van der Waals surface area contributed by atoms with E-state index in [-0.39, 0.29) is 0 Å². The fourth-order valence-electron chi connectivity index (χ4n) is 1.30. The van der Waals surface area contributed by atoms with Crippen LogP contribution in [0.1, 0.15) is 33.1 Å². The van der Waals surface area contributed by atoms with Crippen LogP contribution in [0.3, 0.4) is 0 Å². The summed E-state index contributed by atoms with van der Waals surface area (Å²) in [5.74, 6) is 0.803. The Bertz CT molecular complexity index is 71.7. The molecule has 0 aromatic carbocycles. The second-order valence-corrected chi connectivity index (χ2v) is 3.13. The van der Waals surface area contributed by atoms with Gasteiger partial charge in [-0.1, -0.05) is 13.3 Å². The minimum atomic E-state index is 0.358. The van der Waals surface area contributed by atoms with Crippen LogP contribution in [0.4, 0.5) is 0 Å². The van der Waals surface area contributed by atoms with Gasteiger partial charge in [-0.15, -0.1) is 0 Å². The number of rotatable bonds is 5. The lowest BCUT2D eigenvalue weighted by Gasteiger charge is -2.14. The summed E-state index contributed by atoms with van der Waals surface area (Å²) in [6.45, 7) is 5.35. The molecule has 0 heterocycles. The van der Waals surface area contributed by atoms with E-state index in [4.69, 9.17) is 5.73 Å². The van der Waals surface area contributed by atoms with Crippen LogP contribution in [-0.2, 0) is 0 Å². The Morgan fingerprint density at radius 1 is 1.50 bits per heavy atom. The molecule has 0 aliphatic rings. The van der Waals surface area contributed by atoms with Crippen molar-refractivity contribution in [3.63, 3.8) is 0 Å². The van der Waals surface area contributed by atoms with E-state index in [0.29, 0.717) is 6.04 Å². The number of hydrogen-bond donors (Lipinski definition) is 2. The lowest BCUT2D eigenvalue weighted by Crippen LogP contribution is -2.50. The molecule has 10 heavy (non-hydrogen) atoms. The quantitative estimate of drug-likeness (QED) is 0.577. The van der Waals surface area contributed by atoms with Gasteiger partial charge in [-0.25, -0.2) is 0 Å². The largest absolute Gasteiger partial charge is 0.358 e. The zero-order valence-electron chi connectivity index (χ0n) is 7.27. The summed E-state index contributed by atoms with van der Waals surface area (Å²) in [5, 5.41) is 0. The van der Waals surface area contributed by atoms with E-state index in [0.717, 1.165) is 18.9 Å². The van der Waals surface area contributed by atoms with E-state index < -0.39 is 0 Å². The van der Waals surface area contributed by atoms with E-state index in [2.05, 4.69) is 19.6 Å². The average molecular weight is 145 g/mol. The molecular formula is C8H21N2+. The minimum absolute atomic E-state index is 0.358. The molecule has 0 saturated carbocycles. The highest BCUT2D eigenvalue weighted by atomic mass is 14.6. The highest BCUT2D eigenvalue weighted by Gasteiger charge is 2.07. The summed E-state index contributed by atoms with van der Waals surface area (Å²) in [7, 11) is 0. The highest BCUT2D eigenvalue weighted by Crippen LogP contribution is 2.12. The maximum absolute atomic E-state index is 5.68. The van der Waals surface area contributed by atoms with Crippen molar-refractivity contribution < 1.29 is 5.73 Å². The van der Waals surface area contributed by atoms with Gasteiger partial charge in [0.1, 0.15) is 0 Å². The number of quaternary nitrogens is 1. The third-order valence-electron chi connectivity index (χ3n) is 1.89. The second-order valence-electron chi connectivity index (χ2n) is 3.13. The molecule has 0 spiro atoms. The van der Waals surface area contributed by atoms with Gasteiger partial charge < -0.3 is 11.5 Å². The van der Waals surface area contributed by atoms with E-state index in [1.807, 2.05) is 0 Å². The summed E-state index contributed by atoms with van der Waals surface area (Å²) in [6, 6.07) is 0.358. The van der Waals surface area contributed by atoms with Crippen LogP contribution >= 0.6 is 0 Å². The van der Waals surface area contributed by atoms with Gasteiger partial charge in [-0.3, -0.25) is 0 Å². The molecule has 0 rings (SSSR count). The molecule has 2 nitrogen and oxygen atoms in total. The van der Waals surface area contributed by atoms with Gasteiger partial charge >= 0.3 is 0 Å². The molecule has 2 unspecified atom stereocenters. The summed E-state index contributed by atoms with van der Waals surface area (Å²) < 4.78 is 0. The Kier molecular flexibility index (Phi) is 5.64. The van der Waals surface area contributed by atoms with Crippen molar-refractivity contribution in [3.05, 3.63) is 0 Å². The smallest absolute Gasteiger partial charge is 0.0742 e. The second kappa shape index (κ2) is 5.69. The normalized spacial score (nSPS) is 16.8. The maximum Gasteiger partial charge on any atom is 0.0742 e.